The van der Waals surface area contributed by atoms with Crippen molar-refractivity contribution in [3.05, 3.63) is 70.9 Å². The molecule has 1 aliphatic heterocycles. The number of aryl methyl sites for hydroxylation is 1. The van der Waals surface area contributed by atoms with E-state index in [4.69, 9.17) is 17.0 Å². The summed E-state index contributed by atoms with van der Waals surface area (Å²) in [4.78, 5) is 13.3. The van der Waals surface area contributed by atoms with Crippen LogP contribution in [0.2, 0.25) is 0 Å². The molecule has 2 aromatic rings. The first-order valence-corrected chi connectivity index (χ1v) is 10.8. The van der Waals surface area contributed by atoms with Gasteiger partial charge in [0.15, 0.2) is 5.11 Å². The second kappa shape index (κ2) is 10.3. The average molecular weight is 424 g/mol. The first kappa shape index (κ1) is 21.8. The summed E-state index contributed by atoms with van der Waals surface area (Å²) in [6.07, 6.45) is 3.26. The summed E-state index contributed by atoms with van der Waals surface area (Å²) in [5.41, 5.74) is 4.02. The number of amides is 1. The molecular weight excluding hydrogens is 394 g/mol. The zero-order valence-corrected chi connectivity index (χ0v) is 18.6. The molecule has 3 rings (SSSR count). The molecule has 2 aromatic carbocycles. The number of unbranched alkanes of at least 4 members (excludes halogenated alkanes) is 2. The number of ether oxygens (including phenoxy) is 1. The fourth-order valence-electron chi connectivity index (χ4n) is 3.52. The molecule has 0 fully saturated rings. The summed E-state index contributed by atoms with van der Waals surface area (Å²) in [7, 11) is 0. The fourth-order valence-corrected chi connectivity index (χ4v) is 3.79. The molecule has 0 aliphatic carbocycles. The molecule has 1 atom stereocenters. The van der Waals surface area contributed by atoms with Crippen LogP contribution >= 0.6 is 12.2 Å². The third-order valence-corrected chi connectivity index (χ3v) is 5.36. The molecule has 1 heterocycles. The molecule has 0 saturated carbocycles. The summed E-state index contributed by atoms with van der Waals surface area (Å²) in [6.45, 7) is 6.66. The van der Waals surface area contributed by atoms with Crippen LogP contribution in [-0.4, -0.2) is 17.6 Å². The van der Waals surface area contributed by atoms with E-state index in [2.05, 4.69) is 22.9 Å². The molecule has 0 aromatic heterocycles. The van der Waals surface area contributed by atoms with Gasteiger partial charge >= 0.3 is 0 Å². The van der Waals surface area contributed by atoms with Crippen LogP contribution in [0.1, 0.15) is 50.3 Å². The van der Waals surface area contributed by atoms with Gasteiger partial charge in [0.05, 0.1) is 18.2 Å². The van der Waals surface area contributed by atoms with Gasteiger partial charge in [-0.25, -0.2) is 0 Å². The number of thiocarbonyl (C=S) groups is 1. The number of rotatable bonds is 8. The van der Waals surface area contributed by atoms with Crippen molar-refractivity contribution in [2.24, 2.45) is 0 Å². The smallest absolute Gasteiger partial charge is 0.255 e. The van der Waals surface area contributed by atoms with Gasteiger partial charge in [0.25, 0.3) is 5.91 Å². The minimum Gasteiger partial charge on any atom is -0.493 e. The quantitative estimate of drug-likeness (QED) is 0.412. The zero-order valence-electron chi connectivity index (χ0n) is 17.7. The summed E-state index contributed by atoms with van der Waals surface area (Å²) in [6, 6.07) is 15.2. The number of hydrogen-bond donors (Lipinski definition) is 3. The Bertz CT molecular complexity index is 955. The van der Waals surface area contributed by atoms with Crippen molar-refractivity contribution in [1.29, 1.82) is 0 Å². The number of para-hydroxylation sites is 2. The first-order chi connectivity index (χ1) is 14.5. The molecule has 3 N–H and O–H groups in total. The molecule has 6 heteroatoms. The predicted molar refractivity (Wildman–Crippen MR) is 126 cm³/mol. The van der Waals surface area contributed by atoms with Crippen LogP contribution in [0.3, 0.4) is 0 Å². The third kappa shape index (κ3) is 5.19. The lowest BCUT2D eigenvalue weighted by atomic mass is 9.94. The van der Waals surface area contributed by atoms with Gasteiger partial charge < -0.3 is 20.7 Å². The highest BCUT2D eigenvalue weighted by Crippen LogP contribution is 2.34. The van der Waals surface area contributed by atoms with Crippen LogP contribution < -0.4 is 20.7 Å². The highest BCUT2D eigenvalue weighted by atomic mass is 32.1. The molecule has 0 radical (unpaired) electrons. The Morgan fingerprint density at radius 2 is 1.83 bits per heavy atom. The van der Waals surface area contributed by atoms with Crippen LogP contribution in [0, 0.1) is 6.92 Å². The minimum atomic E-state index is -0.398. The van der Waals surface area contributed by atoms with Crippen LogP contribution in [0.5, 0.6) is 5.75 Å². The first-order valence-electron chi connectivity index (χ1n) is 10.4. The van der Waals surface area contributed by atoms with Crippen molar-refractivity contribution in [1.82, 2.24) is 10.6 Å². The van der Waals surface area contributed by atoms with E-state index < -0.39 is 6.04 Å². The highest BCUT2D eigenvalue weighted by molar-refractivity contribution is 7.80. The third-order valence-electron chi connectivity index (χ3n) is 5.14. The lowest BCUT2D eigenvalue weighted by molar-refractivity contribution is -0.113. The number of allylic oxidation sites excluding steroid dienone is 1. The van der Waals surface area contributed by atoms with Gasteiger partial charge in [-0.3, -0.25) is 4.79 Å². The van der Waals surface area contributed by atoms with E-state index in [-0.39, 0.29) is 5.91 Å². The fraction of sp³-hybridized carbons (Fsp3) is 0.333. The normalized spacial score (nSPS) is 16.0. The van der Waals surface area contributed by atoms with Gasteiger partial charge in [0, 0.05) is 16.9 Å². The second-order valence-electron chi connectivity index (χ2n) is 7.43. The van der Waals surface area contributed by atoms with E-state index in [9.17, 15) is 4.79 Å². The molecule has 1 amide bonds. The van der Waals surface area contributed by atoms with Crippen molar-refractivity contribution in [3.8, 4) is 5.75 Å². The Kier molecular flexibility index (Phi) is 7.46. The van der Waals surface area contributed by atoms with Crippen molar-refractivity contribution in [2.45, 2.75) is 46.1 Å². The maximum absolute atomic E-state index is 13.3. The van der Waals surface area contributed by atoms with Crippen molar-refractivity contribution < 1.29 is 9.53 Å². The van der Waals surface area contributed by atoms with Gasteiger partial charge in [-0.15, -0.1) is 0 Å². The summed E-state index contributed by atoms with van der Waals surface area (Å²) in [5.74, 6) is 0.597. The number of anilines is 1. The number of carbonyl (C=O) groups is 1. The van der Waals surface area contributed by atoms with Crippen LogP contribution in [-0.2, 0) is 4.79 Å². The topological polar surface area (TPSA) is 62.4 Å². The zero-order chi connectivity index (χ0) is 21.5. The van der Waals surface area contributed by atoms with Gasteiger partial charge in [-0.1, -0.05) is 56.2 Å². The van der Waals surface area contributed by atoms with E-state index in [1.54, 1.807) is 0 Å². The van der Waals surface area contributed by atoms with Gasteiger partial charge in [-0.05, 0) is 50.2 Å². The maximum atomic E-state index is 13.3. The molecule has 1 aliphatic rings. The van der Waals surface area contributed by atoms with E-state index >= 15 is 0 Å². The Hall–Kier alpha value is -2.86. The summed E-state index contributed by atoms with van der Waals surface area (Å²) >= 11 is 5.39. The van der Waals surface area contributed by atoms with Crippen LogP contribution in [0.15, 0.2) is 59.8 Å². The molecular formula is C24H29N3O2S. The monoisotopic (exact) mass is 423 g/mol. The van der Waals surface area contributed by atoms with E-state index in [1.165, 1.54) is 0 Å². The van der Waals surface area contributed by atoms with E-state index in [1.807, 2.05) is 62.4 Å². The van der Waals surface area contributed by atoms with E-state index in [0.29, 0.717) is 17.3 Å². The highest BCUT2D eigenvalue weighted by Gasteiger charge is 2.31. The molecule has 0 saturated heterocycles. The van der Waals surface area contributed by atoms with Crippen molar-refractivity contribution in [2.75, 3.05) is 11.9 Å². The Labute approximate surface area is 183 Å². The number of carbonyl (C=O) groups excluding carboxylic acids is 1. The summed E-state index contributed by atoms with van der Waals surface area (Å²) in [5, 5.41) is 9.88. The largest absolute Gasteiger partial charge is 0.493 e. The Morgan fingerprint density at radius 1 is 1.10 bits per heavy atom. The lowest BCUT2D eigenvalue weighted by Crippen LogP contribution is -2.45. The van der Waals surface area contributed by atoms with Gasteiger partial charge in [-0.2, -0.15) is 0 Å². The van der Waals surface area contributed by atoms with Crippen LogP contribution in [0.25, 0.3) is 0 Å². The molecule has 0 spiro atoms. The second-order valence-corrected chi connectivity index (χ2v) is 7.84. The average Bonchev–Trinajstić information content (AvgIpc) is 2.72. The molecule has 1 unspecified atom stereocenters. The summed E-state index contributed by atoms with van der Waals surface area (Å²) < 4.78 is 6.07. The molecule has 0 bridgehead atoms. The predicted octanol–water partition coefficient (Wildman–Crippen LogP) is 5.00. The molecule has 158 valence electrons. The maximum Gasteiger partial charge on any atom is 0.255 e. The number of nitrogens with one attached hydrogen (secondary N) is 3. The SMILES string of the molecule is CCCCCOc1ccccc1C1NC(=S)NC(C)=C1C(=O)Nc1ccccc1C. The molecule has 5 nitrogen and oxygen atoms in total. The Morgan fingerprint density at radius 3 is 2.60 bits per heavy atom. The Balaban J connectivity index is 1.91. The van der Waals surface area contributed by atoms with Crippen molar-refractivity contribution in [3.63, 3.8) is 0 Å². The standard InChI is InChI=1S/C24H29N3O2S/c1-4-5-10-15-29-20-14-9-7-12-18(20)22-21(17(3)25-24(30)27-22)23(28)26-19-13-8-6-11-16(19)2/h6-9,11-14,22H,4-5,10,15H2,1-3H3,(H,26,28)(H2,25,27,30). The van der Waals surface area contributed by atoms with Crippen molar-refractivity contribution >= 4 is 28.9 Å². The van der Waals surface area contributed by atoms with Gasteiger partial charge in [0.1, 0.15) is 5.75 Å². The van der Waals surface area contributed by atoms with Gasteiger partial charge in [0.2, 0.25) is 0 Å². The lowest BCUT2D eigenvalue weighted by Gasteiger charge is -2.31. The number of benzene rings is 2. The van der Waals surface area contributed by atoms with Crippen LogP contribution in [0.4, 0.5) is 5.69 Å². The number of hydrogen-bond acceptors (Lipinski definition) is 3. The van der Waals surface area contributed by atoms with E-state index in [0.717, 1.165) is 47.5 Å². The molecule has 30 heavy (non-hydrogen) atoms. The minimum absolute atomic E-state index is 0.171.